The van der Waals surface area contributed by atoms with Crippen LogP contribution in [-0.4, -0.2) is 35.7 Å². The molecule has 2 N–H and O–H groups in total. The van der Waals surface area contributed by atoms with E-state index < -0.39 is 11.9 Å². The van der Waals surface area contributed by atoms with Crippen LogP contribution >= 0.6 is 0 Å². The highest BCUT2D eigenvalue weighted by Gasteiger charge is 2.14. The second-order valence-electron chi connectivity index (χ2n) is 5.89. The first-order valence-electron chi connectivity index (χ1n) is 8.03. The number of esters is 1. The van der Waals surface area contributed by atoms with E-state index in [1.54, 1.807) is 18.3 Å². The number of hydrogen-bond acceptors (Lipinski definition) is 5. The van der Waals surface area contributed by atoms with Crippen LogP contribution in [0.1, 0.15) is 15.9 Å². The van der Waals surface area contributed by atoms with Crippen molar-refractivity contribution in [3.05, 3.63) is 59.8 Å². The number of anilines is 1. The first-order chi connectivity index (χ1) is 12.5. The number of nitrogens with zero attached hydrogens (tertiary/aromatic N) is 1. The summed E-state index contributed by atoms with van der Waals surface area (Å²) in [5.41, 5.74) is 3.40. The monoisotopic (exact) mass is 350 g/mol. The van der Waals surface area contributed by atoms with Gasteiger partial charge in [0, 0.05) is 17.1 Å². The predicted molar refractivity (Wildman–Crippen MR) is 99.4 cm³/mol. The summed E-state index contributed by atoms with van der Waals surface area (Å²) in [5.74, 6) is -1.05. The van der Waals surface area contributed by atoms with Crippen molar-refractivity contribution in [3.63, 3.8) is 0 Å². The molecule has 6 nitrogen and oxygen atoms in total. The number of nitrogens with one attached hydrogen (secondary N) is 1. The van der Waals surface area contributed by atoms with Crippen LogP contribution in [0.15, 0.2) is 48.7 Å². The quantitative estimate of drug-likeness (QED) is 0.685. The third-order valence-electron chi connectivity index (χ3n) is 4.04. The van der Waals surface area contributed by atoms with Gasteiger partial charge in [0.1, 0.15) is 12.4 Å². The summed E-state index contributed by atoms with van der Waals surface area (Å²) in [5, 5.41) is 13.3. The minimum atomic E-state index is -0.994. The van der Waals surface area contributed by atoms with Gasteiger partial charge in [-0.25, -0.2) is 9.78 Å². The first-order valence-corrected chi connectivity index (χ1v) is 8.03. The summed E-state index contributed by atoms with van der Waals surface area (Å²) in [4.78, 5) is 27.2. The normalized spacial score (nSPS) is 10.5. The van der Waals surface area contributed by atoms with Gasteiger partial charge in [0.25, 0.3) is 0 Å². The molecule has 3 aromatic rings. The number of rotatable bonds is 5. The van der Waals surface area contributed by atoms with Gasteiger partial charge in [0.15, 0.2) is 0 Å². The fourth-order valence-electron chi connectivity index (χ4n) is 2.83. The molecule has 0 radical (unpaired) electrons. The number of carboxylic acid groups (broad SMARTS) is 1. The van der Waals surface area contributed by atoms with Crippen LogP contribution in [0.2, 0.25) is 0 Å². The van der Waals surface area contributed by atoms with Gasteiger partial charge in [-0.2, -0.15) is 0 Å². The topological polar surface area (TPSA) is 88.5 Å². The first kappa shape index (κ1) is 17.4. The van der Waals surface area contributed by atoms with Crippen LogP contribution < -0.4 is 5.32 Å². The molecule has 3 rings (SSSR count). The highest BCUT2D eigenvalue weighted by atomic mass is 16.5. The minimum absolute atomic E-state index is 0.270. The lowest BCUT2D eigenvalue weighted by Gasteiger charge is -2.13. The molecular formula is C20H18N2O4. The Kier molecular flexibility index (Phi) is 4.84. The van der Waals surface area contributed by atoms with E-state index in [0.717, 1.165) is 22.1 Å². The third-order valence-corrected chi connectivity index (χ3v) is 4.04. The molecule has 0 aliphatic heterocycles. The lowest BCUT2D eigenvalue weighted by Crippen LogP contribution is -2.13. The molecule has 0 unspecified atom stereocenters. The number of fused-ring (bicyclic) bond motifs is 1. The fourth-order valence-corrected chi connectivity index (χ4v) is 2.83. The molecular weight excluding hydrogens is 332 g/mol. The smallest absolute Gasteiger partial charge is 0.337 e. The second-order valence-corrected chi connectivity index (χ2v) is 5.89. The van der Waals surface area contributed by atoms with Crippen molar-refractivity contribution in [3.8, 4) is 11.1 Å². The van der Waals surface area contributed by atoms with Crippen LogP contribution in [-0.2, 0) is 9.53 Å². The highest BCUT2D eigenvalue weighted by molar-refractivity contribution is 6.05. The summed E-state index contributed by atoms with van der Waals surface area (Å²) in [6.45, 7) is 1.74. The SMILES string of the molecule is COC(=O)c1ccc2c(-c3cccc(C)c3)cnc(NCC(=O)O)c2c1. The molecule has 1 heterocycles. The zero-order chi connectivity index (χ0) is 18.7. The predicted octanol–water partition coefficient (Wildman–Crippen LogP) is 3.49. The average Bonchev–Trinajstić information content (AvgIpc) is 2.64. The Hall–Kier alpha value is -3.41. The summed E-state index contributed by atoms with van der Waals surface area (Å²) in [6.07, 6.45) is 1.71. The fraction of sp³-hybridized carbons (Fsp3) is 0.150. The van der Waals surface area contributed by atoms with Crippen LogP contribution in [0.4, 0.5) is 5.82 Å². The molecule has 0 fully saturated rings. The van der Waals surface area contributed by atoms with Gasteiger partial charge in [0.2, 0.25) is 0 Å². The maximum Gasteiger partial charge on any atom is 0.337 e. The molecule has 0 bridgehead atoms. The van der Waals surface area contributed by atoms with Crippen LogP contribution in [0.3, 0.4) is 0 Å². The van der Waals surface area contributed by atoms with E-state index >= 15 is 0 Å². The largest absolute Gasteiger partial charge is 0.480 e. The van der Waals surface area contributed by atoms with Crippen LogP contribution in [0.25, 0.3) is 21.9 Å². The van der Waals surface area contributed by atoms with E-state index in [0.29, 0.717) is 16.8 Å². The van der Waals surface area contributed by atoms with Crippen molar-refractivity contribution in [1.29, 1.82) is 0 Å². The number of ether oxygens (including phenoxy) is 1. The number of aryl methyl sites for hydroxylation is 1. The molecule has 0 saturated carbocycles. The number of hydrogen-bond donors (Lipinski definition) is 2. The summed E-state index contributed by atoms with van der Waals surface area (Å²) in [7, 11) is 1.32. The highest BCUT2D eigenvalue weighted by Crippen LogP contribution is 2.32. The van der Waals surface area contributed by atoms with Gasteiger partial charge in [-0.05, 0) is 30.0 Å². The van der Waals surface area contributed by atoms with Gasteiger partial charge in [0.05, 0.1) is 12.7 Å². The Morgan fingerprint density at radius 1 is 1.15 bits per heavy atom. The maximum absolute atomic E-state index is 11.9. The zero-order valence-electron chi connectivity index (χ0n) is 14.4. The Morgan fingerprint density at radius 2 is 1.96 bits per heavy atom. The number of aromatic nitrogens is 1. The number of pyridine rings is 1. The van der Waals surface area contributed by atoms with Gasteiger partial charge < -0.3 is 15.2 Å². The number of carbonyl (C=O) groups is 2. The standard InChI is InChI=1S/C20H18N2O4/c1-12-4-3-5-13(8-12)17-10-21-19(22-11-18(23)24)16-9-14(20(25)26-2)6-7-15(16)17/h3-10H,11H2,1-2H3,(H,21,22)(H,23,24). The van der Waals surface area contributed by atoms with Crippen LogP contribution in [0, 0.1) is 6.92 Å². The zero-order valence-corrected chi connectivity index (χ0v) is 14.4. The molecule has 132 valence electrons. The lowest BCUT2D eigenvalue weighted by atomic mass is 9.98. The van der Waals surface area contributed by atoms with Gasteiger partial charge in [-0.3, -0.25) is 4.79 Å². The van der Waals surface area contributed by atoms with Crippen LogP contribution in [0.5, 0.6) is 0 Å². The molecule has 0 aliphatic rings. The van der Waals surface area contributed by atoms with Crippen molar-refractivity contribution in [2.75, 3.05) is 19.0 Å². The molecule has 1 aromatic heterocycles. The molecule has 6 heteroatoms. The number of aliphatic carboxylic acids is 1. The van der Waals surface area contributed by atoms with E-state index in [9.17, 15) is 9.59 Å². The molecule has 0 saturated heterocycles. The van der Waals surface area contributed by atoms with E-state index in [4.69, 9.17) is 9.84 Å². The van der Waals surface area contributed by atoms with Crippen molar-refractivity contribution in [2.45, 2.75) is 6.92 Å². The molecule has 0 amide bonds. The lowest BCUT2D eigenvalue weighted by molar-refractivity contribution is -0.134. The van der Waals surface area contributed by atoms with Crippen molar-refractivity contribution in [2.24, 2.45) is 0 Å². The summed E-state index contributed by atoms with van der Waals surface area (Å²) < 4.78 is 4.78. The number of benzene rings is 2. The summed E-state index contributed by atoms with van der Waals surface area (Å²) in [6, 6.07) is 13.2. The molecule has 0 aliphatic carbocycles. The van der Waals surface area contributed by atoms with E-state index in [-0.39, 0.29) is 6.54 Å². The number of carbonyl (C=O) groups excluding carboxylic acids is 1. The number of carboxylic acids is 1. The van der Waals surface area contributed by atoms with E-state index in [1.165, 1.54) is 7.11 Å². The van der Waals surface area contributed by atoms with Crippen molar-refractivity contribution in [1.82, 2.24) is 4.98 Å². The number of methoxy groups -OCH3 is 1. The molecule has 2 aromatic carbocycles. The van der Waals surface area contributed by atoms with E-state index in [1.807, 2.05) is 31.2 Å². The average molecular weight is 350 g/mol. The van der Waals surface area contributed by atoms with Crippen molar-refractivity contribution < 1.29 is 19.4 Å². The Morgan fingerprint density at radius 3 is 2.65 bits per heavy atom. The van der Waals surface area contributed by atoms with Gasteiger partial charge >= 0.3 is 11.9 Å². The van der Waals surface area contributed by atoms with E-state index in [2.05, 4.69) is 16.4 Å². The van der Waals surface area contributed by atoms with Gasteiger partial charge in [-0.1, -0.05) is 35.9 Å². The second kappa shape index (κ2) is 7.23. The Labute approximate surface area is 150 Å². The van der Waals surface area contributed by atoms with Crippen molar-refractivity contribution >= 4 is 28.5 Å². The molecule has 0 atom stereocenters. The molecule has 0 spiro atoms. The Balaban J connectivity index is 2.20. The van der Waals surface area contributed by atoms with Gasteiger partial charge in [-0.15, -0.1) is 0 Å². The third kappa shape index (κ3) is 3.49. The summed E-state index contributed by atoms with van der Waals surface area (Å²) >= 11 is 0. The Bertz CT molecular complexity index is 998. The molecule has 26 heavy (non-hydrogen) atoms. The minimum Gasteiger partial charge on any atom is -0.480 e. The maximum atomic E-state index is 11.9.